The van der Waals surface area contributed by atoms with Crippen LogP contribution >= 0.6 is 11.6 Å². The van der Waals surface area contributed by atoms with Crippen molar-refractivity contribution in [2.75, 3.05) is 21.3 Å². The number of carbonyl (C=O) groups excluding carboxylic acids is 1. The van der Waals surface area contributed by atoms with Crippen LogP contribution in [0.4, 0.5) is 0 Å². The summed E-state index contributed by atoms with van der Waals surface area (Å²) in [5.74, 6) is 0.760. The number of aromatic nitrogens is 1. The average molecular weight is 358 g/mol. The van der Waals surface area contributed by atoms with E-state index >= 15 is 0 Å². The van der Waals surface area contributed by atoms with Gasteiger partial charge in [-0.05, 0) is 58.3 Å². The summed E-state index contributed by atoms with van der Waals surface area (Å²) < 4.78 is 15.6. The molecule has 0 unspecified atom stereocenters. The minimum absolute atomic E-state index is 0.370. The number of ether oxygens (including phenoxy) is 3. The van der Waals surface area contributed by atoms with Crippen molar-refractivity contribution in [1.82, 2.24) is 4.98 Å². The smallest absolute Gasteiger partial charge is 0.337 e. The Morgan fingerprint density at radius 2 is 1.72 bits per heavy atom. The van der Waals surface area contributed by atoms with Gasteiger partial charge in [0, 0.05) is 6.20 Å². The number of hydrogen-bond acceptors (Lipinski definition) is 5. The third-order valence-electron chi connectivity index (χ3n) is 3.92. The van der Waals surface area contributed by atoms with Crippen LogP contribution in [-0.2, 0) is 4.74 Å². The molecular weight excluding hydrogens is 342 g/mol. The minimum atomic E-state index is -0.418. The Hall–Kier alpha value is -2.79. The molecule has 0 bridgehead atoms. The molecule has 3 aromatic rings. The van der Waals surface area contributed by atoms with Gasteiger partial charge in [-0.25, -0.2) is 9.78 Å². The van der Waals surface area contributed by atoms with Crippen LogP contribution in [-0.4, -0.2) is 32.3 Å². The lowest BCUT2D eigenvalue weighted by molar-refractivity contribution is 0.0601. The Morgan fingerprint density at radius 1 is 1.00 bits per heavy atom. The van der Waals surface area contributed by atoms with Gasteiger partial charge in [0.2, 0.25) is 0 Å². The maximum absolute atomic E-state index is 12.1. The van der Waals surface area contributed by atoms with E-state index in [1.165, 1.54) is 7.11 Å². The molecule has 0 aliphatic carbocycles. The largest absolute Gasteiger partial charge is 0.493 e. The molecule has 2 aromatic carbocycles. The molecule has 6 heteroatoms. The summed E-state index contributed by atoms with van der Waals surface area (Å²) in [6.45, 7) is 0. The van der Waals surface area contributed by atoms with Gasteiger partial charge in [-0.1, -0.05) is 11.6 Å². The average Bonchev–Trinajstić information content (AvgIpc) is 2.65. The van der Waals surface area contributed by atoms with Gasteiger partial charge in [0.05, 0.1) is 26.9 Å². The molecule has 1 aromatic heterocycles. The lowest BCUT2D eigenvalue weighted by Crippen LogP contribution is -2.02. The third kappa shape index (κ3) is 3.23. The second-order valence-electron chi connectivity index (χ2n) is 5.31. The van der Waals surface area contributed by atoms with E-state index in [0.29, 0.717) is 22.2 Å². The molecule has 0 spiro atoms. The topological polar surface area (TPSA) is 57.7 Å². The molecule has 3 rings (SSSR count). The predicted molar refractivity (Wildman–Crippen MR) is 96.6 cm³/mol. The molecule has 1 heterocycles. The number of rotatable bonds is 4. The molecular formula is C19H16ClNO4. The van der Waals surface area contributed by atoms with Gasteiger partial charge in [-0.3, -0.25) is 0 Å². The van der Waals surface area contributed by atoms with Gasteiger partial charge < -0.3 is 14.2 Å². The molecule has 0 radical (unpaired) electrons. The number of esters is 1. The summed E-state index contributed by atoms with van der Waals surface area (Å²) in [5.41, 5.74) is 2.09. The molecule has 0 fully saturated rings. The third-order valence-corrected chi connectivity index (χ3v) is 4.12. The maximum atomic E-state index is 12.1. The van der Waals surface area contributed by atoms with Crippen molar-refractivity contribution in [1.29, 1.82) is 0 Å². The van der Waals surface area contributed by atoms with E-state index in [1.807, 2.05) is 18.2 Å². The summed E-state index contributed by atoms with van der Waals surface area (Å²) in [6.07, 6.45) is 1.62. The van der Waals surface area contributed by atoms with Crippen LogP contribution in [0, 0.1) is 0 Å². The summed E-state index contributed by atoms with van der Waals surface area (Å²) in [4.78, 5) is 16.1. The van der Waals surface area contributed by atoms with E-state index < -0.39 is 5.97 Å². The molecule has 128 valence electrons. The van der Waals surface area contributed by atoms with Gasteiger partial charge in [-0.15, -0.1) is 0 Å². The SMILES string of the molecule is COC(=O)c1cc(-c2ccnc(Cl)c2)c2cc(OC)c(OC)cc2c1. The van der Waals surface area contributed by atoms with Crippen LogP contribution in [0.2, 0.25) is 5.15 Å². The van der Waals surface area contributed by atoms with Gasteiger partial charge in [0.15, 0.2) is 11.5 Å². The fourth-order valence-corrected chi connectivity index (χ4v) is 2.91. The van der Waals surface area contributed by atoms with Crippen LogP contribution in [0.15, 0.2) is 42.6 Å². The van der Waals surface area contributed by atoms with Gasteiger partial charge in [0.25, 0.3) is 0 Å². The highest BCUT2D eigenvalue weighted by molar-refractivity contribution is 6.29. The Balaban J connectivity index is 2.36. The highest BCUT2D eigenvalue weighted by atomic mass is 35.5. The van der Waals surface area contributed by atoms with E-state index in [0.717, 1.165) is 21.9 Å². The predicted octanol–water partition coefficient (Wildman–Crippen LogP) is 4.36. The lowest BCUT2D eigenvalue weighted by Gasteiger charge is -2.14. The lowest BCUT2D eigenvalue weighted by atomic mass is 9.95. The Labute approximate surface area is 150 Å². The summed E-state index contributed by atoms with van der Waals surface area (Å²) in [7, 11) is 4.50. The van der Waals surface area contributed by atoms with Gasteiger partial charge >= 0.3 is 5.97 Å². The van der Waals surface area contributed by atoms with Crippen molar-refractivity contribution in [2.24, 2.45) is 0 Å². The molecule has 0 atom stereocenters. The second kappa shape index (κ2) is 6.99. The van der Waals surface area contributed by atoms with Crippen molar-refractivity contribution < 1.29 is 19.0 Å². The van der Waals surface area contributed by atoms with Crippen LogP contribution < -0.4 is 9.47 Å². The standard InChI is InChI=1S/C19H16ClNO4/c1-23-16-8-12-6-13(19(22)25-3)7-14(15(12)10-17(16)24-2)11-4-5-21-18(20)9-11/h4-10H,1-3H3. The number of methoxy groups -OCH3 is 3. The number of carbonyl (C=O) groups is 1. The number of hydrogen-bond donors (Lipinski definition) is 0. The first-order valence-corrected chi connectivity index (χ1v) is 7.85. The van der Waals surface area contributed by atoms with E-state index in [1.54, 1.807) is 38.6 Å². The van der Waals surface area contributed by atoms with Crippen LogP contribution in [0.25, 0.3) is 21.9 Å². The number of pyridine rings is 1. The van der Waals surface area contributed by atoms with E-state index in [4.69, 9.17) is 25.8 Å². The number of fused-ring (bicyclic) bond motifs is 1. The fourth-order valence-electron chi connectivity index (χ4n) is 2.73. The molecule has 0 aliphatic rings. The van der Waals surface area contributed by atoms with Gasteiger partial charge in [0.1, 0.15) is 5.15 Å². The maximum Gasteiger partial charge on any atom is 0.337 e. The fraction of sp³-hybridized carbons (Fsp3) is 0.158. The quantitative estimate of drug-likeness (QED) is 0.513. The number of halogens is 1. The number of benzene rings is 2. The summed E-state index contributed by atoms with van der Waals surface area (Å²) in [5, 5.41) is 2.09. The molecule has 0 saturated heterocycles. The van der Waals surface area contributed by atoms with Crippen molar-refractivity contribution in [2.45, 2.75) is 0 Å². The Morgan fingerprint density at radius 3 is 2.36 bits per heavy atom. The van der Waals surface area contributed by atoms with Crippen molar-refractivity contribution in [3.8, 4) is 22.6 Å². The highest BCUT2D eigenvalue weighted by Crippen LogP contribution is 2.38. The van der Waals surface area contributed by atoms with Crippen LogP contribution in [0.1, 0.15) is 10.4 Å². The number of nitrogens with zero attached hydrogens (tertiary/aromatic N) is 1. The van der Waals surface area contributed by atoms with Gasteiger partial charge in [-0.2, -0.15) is 0 Å². The first-order chi connectivity index (χ1) is 12.1. The monoisotopic (exact) mass is 357 g/mol. The van der Waals surface area contributed by atoms with Crippen molar-refractivity contribution in [3.63, 3.8) is 0 Å². The zero-order valence-electron chi connectivity index (χ0n) is 14.0. The van der Waals surface area contributed by atoms with Crippen molar-refractivity contribution in [3.05, 3.63) is 53.3 Å². The molecule has 25 heavy (non-hydrogen) atoms. The molecule has 0 aliphatic heterocycles. The molecule has 5 nitrogen and oxygen atoms in total. The minimum Gasteiger partial charge on any atom is -0.493 e. The Bertz CT molecular complexity index is 956. The first-order valence-electron chi connectivity index (χ1n) is 7.47. The molecule has 0 amide bonds. The van der Waals surface area contributed by atoms with Crippen molar-refractivity contribution >= 4 is 28.3 Å². The van der Waals surface area contributed by atoms with E-state index in [-0.39, 0.29) is 0 Å². The normalized spacial score (nSPS) is 10.6. The van der Waals surface area contributed by atoms with E-state index in [9.17, 15) is 4.79 Å². The van der Waals surface area contributed by atoms with Crippen LogP contribution in [0.3, 0.4) is 0 Å². The zero-order chi connectivity index (χ0) is 18.0. The Kier molecular flexibility index (Phi) is 4.76. The molecule has 0 N–H and O–H groups in total. The highest BCUT2D eigenvalue weighted by Gasteiger charge is 2.15. The summed E-state index contributed by atoms with van der Waals surface area (Å²) in [6, 6.07) is 10.8. The molecule has 0 saturated carbocycles. The van der Waals surface area contributed by atoms with E-state index in [2.05, 4.69) is 4.98 Å². The van der Waals surface area contributed by atoms with Crippen LogP contribution in [0.5, 0.6) is 11.5 Å². The second-order valence-corrected chi connectivity index (χ2v) is 5.70. The zero-order valence-corrected chi connectivity index (χ0v) is 14.8. The first kappa shape index (κ1) is 17.0. The summed E-state index contributed by atoms with van der Waals surface area (Å²) >= 11 is 6.03.